The van der Waals surface area contributed by atoms with Gasteiger partial charge in [-0.25, -0.2) is 0 Å². The van der Waals surface area contributed by atoms with Crippen molar-refractivity contribution in [2.45, 2.75) is 42.5 Å². The van der Waals surface area contributed by atoms with Crippen LogP contribution < -0.4 is 5.32 Å². The molecule has 2 rings (SSSR count). The summed E-state index contributed by atoms with van der Waals surface area (Å²) in [5, 5.41) is 13.0. The number of esters is 1. The fourth-order valence-electron chi connectivity index (χ4n) is 2.64. The molecule has 0 aliphatic heterocycles. The number of carbonyl (C=O) groups is 2. The lowest BCUT2D eigenvalue weighted by Crippen LogP contribution is -2.50. The summed E-state index contributed by atoms with van der Waals surface area (Å²) < 4.78 is 4.97. The van der Waals surface area contributed by atoms with Crippen molar-refractivity contribution in [1.82, 2.24) is 5.32 Å². The van der Waals surface area contributed by atoms with Crippen LogP contribution in [0.5, 0.6) is 0 Å². The second-order valence-electron chi connectivity index (χ2n) is 5.83. The largest absolute Gasteiger partial charge is 0.455 e. The Bertz CT molecular complexity index is 685. The van der Waals surface area contributed by atoms with Crippen LogP contribution in [0.3, 0.4) is 0 Å². The second kappa shape index (κ2) is 9.33. The number of halogens is 2. The van der Waals surface area contributed by atoms with Crippen molar-refractivity contribution in [2.75, 3.05) is 12.4 Å². The maximum Gasteiger partial charge on any atom is 0.316 e. The van der Waals surface area contributed by atoms with Gasteiger partial charge in [0.25, 0.3) is 5.91 Å². The number of nitrogens with one attached hydrogen (secondary N) is 1. The number of benzene rings is 1. The van der Waals surface area contributed by atoms with Crippen LogP contribution in [0.1, 0.15) is 32.1 Å². The highest BCUT2D eigenvalue weighted by Crippen LogP contribution is 2.30. The van der Waals surface area contributed by atoms with Crippen LogP contribution in [0.15, 0.2) is 23.1 Å². The van der Waals surface area contributed by atoms with Crippen molar-refractivity contribution in [3.05, 3.63) is 28.2 Å². The lowest BCUT2D eigenvalue weighted by Gasteiger charge is -2.31. The summed E-state index contributed by atoms with van der Waals surface area (Å²) in [4.78, 5) is 24.4. The molecule has 1 aromatic rings. The highest BCUT2D eigenvalue weighted by atomic mass is 35.5. The van der Waals surface area contributed by atoms with Gasteiger partial charge in [-0.1, -0.05) is 42.5 Å². The van der Waals surface area contributed by atoms with Crippen molar-refractivity contribution in [2.24, 2.45) is 0 Å². The molecular weight excluding hydrogens is 383 g/mol. The molecular formula is C17H18Cl2N2O3S. The summed E-state index contributed by atoms with van der Waals surface area (Å²) in [6, 6.07) is 7.16. The van der Waals surface area contributed by atoms with Crippen LogP contribution in [0.25, 0.3) is 0 Å². The molecule has 1 amide bonds. The molecule has 0 unspecified atom stereocenters. The minimum atomic E-state index is -0.829. The summed E-state index contributed by atoms with van der Waals surface area (Å²) in [7, 11) is 0. The Morgan fingerprint density at radius 1 is 1.28 bits per heavy atom. The van der Waals surface area contributed by atoms with Gasteiger partial charge in [0.15, 0.2) is 6.61 Å². The molecule has 1 aromatic carbocycles. The summed E-state index contributed by atoms with van der Waals surface area (Å²) in [6.45, 7) is -0.397. The van der Waals surface area contributed by atoms with Crippen LogP contribution in [0, 0.1) is 11.3 Å². The van der Waals surface area contributed by atoms with E-state index < -0.39 is 24.0 Å². The van der Waals surface area contributed by atoms with E-state index in [0.717, 1.165) is 19.3 Å². The maximum atomic E-state index is 12.0. The average molecular weight is 401 g/mol. The zero-order valence-electron chi connectivity index (χ0n) is 13.5. The zero-order valence-corrected chi connectivity index (χ0v) is 15.8. The Hall–Kier alpha value is -1.42. The molecule has 1 saturated carbocycles. The molecule has 1 fully saturated rings. The predicted octanol–water partition coefficient (Wildman–Crippen LogP) is 3.97. The minimum absolute atomic E-state index is 0.0106. The molecule has 1 aliphatic rings. The van der Waals surface area contributed by atoms with Crippen LogP contribution in [0.2, 0.25) is 10.0 Å². The Balaban J connectivity index is 1.76. The van der Waals surface area contributed by atoms with Crippen molar-refractivity contribution < 1.29 is 14.3 Å². The fourth-order valence-corrected chi connectivity index (χ4v) is 3.93. The Morgan fingerprint density at radius 2 is 2.00 bits per heavy atom. The topological polar surface area (TPSA) is 79.2 Å². The standard InChI is InChI=1S/C17H18Cl2N2O3S/c18-12-4-5-13(19)14(8-12)25-10-16(23)24-9-15(22)21-17(11-20)6-2-1-3-7-17/h4-5,8H,1-3,6-7,9-10H2,(H,21,22). The lowest BCUT2D eigenvalue weighted by molar-refractivity contribution is -0.146. The smallest absolute Gasteiger partial charge is 0.316 e. The van der Waals surface area contributed by atoms with Gasteiger partial charge in [0, 0.05) is 9.92 Å². The van der Waals surface area contributed by atoms with E-state index in [2.05, 4.69) is 11.4 Å². The van der Waals surface area contributed by atoms with E-state index in [1.165, 1.54) is 11.8 Å². The molecule has 8 heteroatoms. The zero-order chi connectivity index (χ0) is 18.3. The molecule has 5 nitrogen and oxygen atoms in total. The van der Waals surface area contributed by atoms with Gasteiger partial charge in [-0.3, -0.25) is 9.59 Å². The SMILES string of the molecule is N#CC1(NC(=O)COC(=O)CSc2cc(Cl)ccc2Cl)CCCCC1. The van der Waals surface area contributed by atoms with E-state index in [1.54, 1.807) is 18.2 Å². The van der Waals surface area contributed by atoms with Gasteiger partial charge in [0.2, 0.25) is 0 Å². The summed E-state index contributed by atoms with van der Waals surface area (Å²) in [5.74, 6) is -0.982. The van der Waals surface area contributed by atoms with Gasteiger partial charge in [-0.2, -0.15) is 5.26 Å². The van der Waals surface area contributed by atoms with Crippen LogP contribution >= 0.6 is 35.0 Å². The monoisotopic (exact) mass is 400 g/mol. The molecule has 0 spiro atoms. The maximum absolute atomic E-state index is 12.0. The molecule has 0 heterocycles. The van der Waals surface area contributed by atoms with Gasteiger partial charge in [-0.15, -0.1) is 11.8 Å². The first-order valence-corrected chi connectivity index (χ1v) is 9.64. The van der Waals surface area contributed by atoms with Gasteiger partial charge in [-0.05, 0) is 31.0 Å². The van der Waals surface area contributed by atoms with Crippen LogP contribution in [0.4, 0.5) is 0 Å². The third-order valence-electron chi connectivity index (χ3n) is 3.90. The molecule has 0 bridgehead atoms. The first-order chi connectivity index (χ1) is 11.9. The van der Waals surface area contributed by atoms with Crippen molar-refractivity contribution in [1.29, 1.82) is 5.26 Å². The van der Waals surface area contributed by atoms with Gasteiger partial charge < -0.3 is 10.1 Å². The number of hydrogen-bond donors (Lipinski definition) is 1. The summed E-state index contributed by atoms with van der Waals surface area (Å²) in [5.41, 5.74) is -0.829. The number of ether oxygens (including phenoxy) is 1. The lowest BCUT2D eigenvalue weighted by atomic mass is 9.83. The second-order valence-corrected chi connectivity index (χ2v) is 7.69. The summed E-state index contributed by atoms with van der Waals surface area (Å²) in [6.07, 6.45) is 4.14. The van der Waals surface area contributed by atoms with E-state index in [0.29, 0.717) is 27.8 Å². The number of hydrogen-bond acceptors (Lipinski definition) is 5. The Labute approximate surface area is 161 Å². The van der Waals surface area contributed by atoms with E-state index in [9.17, 15) is 14.9 Å². The predicted molar refractivity (Wildman–Crippen MR) is 97.7 cm³/mol. The van der Waals surface area contributed by atoms with Crippen molar-refractivity contribution in [3.8, 4) is 6.07 Å². The number of rotatable bonds is 6. The van der Waals surface area contributed by atoms with E-state index >= 15 is 0 Å². The number of nitriles is 1. The normalized spacial score (nSPS) is 15.9. The summed E-state index contributed by atoms with van der Waals surface area (Å²) >= 11 is 13.1. The van der Waals surface area contributed by atoms with E-state index in [-0.39, 0.29) is 5.75 Å². The van der Waals surface area contributed by atoms with Gasteiger partial charge in [0.1, 0.15) is 5.54 Å². The first-order valence-electron chi connectivity index (χ1n) is 7.90. The molecule has 0 saturated heterocycles. The number of carbonyl (C=O) groups excluding carboxylic acids is 2. The third kappa shape index (κ3) is 6.10. The number of nitrogens with zero attached hydrogens (tertiary/aromatic N) is 1. The Morgan fingerprint density at radius 3 is 2.68 bits per heavy atom. The molecule has 1 N–H and O–H groups in total. The van der Waals surface area contributed by atoms with E-state index in [1.807, 2.05) is 0 Å². The quantitative estimate of drug-likeness (QED) is 0.576. The van der Waals surface area contributed by atoms with Crippen LogP contribution in [-0.2, 0) is 14.3 Å². The minimum Gasteiger partial charge on any atom is -0.455 e. The molecule has 25 heavy (non-hydrogen) atoms. The molecule has 0 atom stereocenters. The molecule has 0 radical (unpaired) electrons. The van der Waals surface area contributed by atoms with Crippen molar-refractivity contribution in [3.63, 3.8) is 0 Å². The van der Waals surface area contributed by atoms with Gasteiger partial charge in [0.05, 0.1) is 16.8 Å². The number of thioether (sulfide) groups is 1. The fraction of sp³-hybridized carbons (Fsp3) is 0.471. The number of amides is 1. The van der Waals surface area contributed by atoms with Crippen LogP contribution in [-0.4, -0.2) is 29.8 Å². The third-order valence-corrected chi connectivity index (χ3v) is 5.61. The molecule has 0 aromatic heterocycles. The van der Waals surface area contributed by atoms with Crippen molar-refractivity contribution >= 4 is 46.8 Å². The average Bonchev–Trinajstić information content (AvgIpc) is 2.61. The highest BCUT2D eigenvalue weighted by molar-refractivity contribution is 8.00. The Kier molecular flexibility index (Phi) is 7.42. The highest BCUT2D eigenvalue weighted by Gasteiger charge is 2.33. The first kappa shape index (κ1) is 19.9. The van der Waals surface area contributed by atoms with E-state index in [4.69, 9.17) is 27.9 Å². The van der Waals surface area contributed by atoms with Gasteiger partial charge >= 0.3 is 5.97 Å². The molecule has 1 aliphatic carbocycles. The molecule has 134 valence electrons.